The fourth-order valence-electron chi connectivity index (χ4n) is 2.01. The van der Waals surface area contributed by atoms with Crippen LogP contribution in [0.3, 0.4) is 0 Å². The van der Waals surface area contributed by atoms with Crippen LogP contribution in [0.2, 0.25) is 0 Å². The molecule has 0 saturated heterocycles. The van der Waals surface area contributed by atoms with Crippen LogP contribution in [0.15, 0.2) is 18.2 Å². The van der Waals surface area contributed by atoms with Gasteiger partial charge >= 0.3 is 0 Å². The summed E-state index contributed by atoms with van der Waals surface area (Å²) in [5.41, 5.74) is 8.80. The number of rotatable bonds is 8. The molecule has 0 spiro atoms. The predicted octanol–water partition coefficient (Wildman–Crippen LogP) is 2.67. The molecule has 4 N–H and O–H groups in total. The fraction of sp³-hybridized carbons (Fsp3) is 0.556. The molecule has 0 aliphatic rings. The smallest absolute Gasteiger partial charge is 0.243 e. The number of hydrogen-bond donors (Lipinski definition) is 3. The molecule has 1 atom stereocenters. The Labute approximate surface area is 149 Å². The summed E-state index contributed by atoms with van der Waals surface area (Å²) in [4.78, 5) is 23.9. The maximum atomic E-state index is 12.1. The molecule has 0 unspecified atom stereocenters. The molecule has 134 valence electrons. The third-order valence-corrected chi connectivity index (χ3v) is 4.88. The van der Waals surface area contributed by atoms with E-state index in [4.69, 9.17) is 5.73 Å². The minimum Gasteiger partial charge on any atom is -0.346 e. The quantitative estimate of drug-likeness (QED) is 0.672. The summed E-state index contributed by atoms with van der Waals surface area (Å²) in [6, 6.07) is 5.28. The highest BCUT2D eigenvalue weighted by Gasteiger charge is 2.17. The second-order valence-corrected chi connectivity index (χ2v) is 8.05. The molecule has 0 bridgehead atoms. The molecule has 1 aromatic carbocycles. The van der Waals surface area contributed by atoms with Gasteiger partial charge in [0, 0.05) is 11.4 Å². The number of thioether (sulfide) groups is 1. The lowest BCUT2D eigenvalue weighted by molar-refractivity contribution is -0.125. The number of amides is 2. The highest BCUT2D eigenvalue weighted by molar-refractivity contribution is 7.99. The maximum Gasteiger partial charge on any atom is 0.243 e. The van der Waals surface area contributed by atoms with Gasteiger partial charge in [-0.05, 0) is 35.3 Å². The number of hydrogen-bond acceptors (Lipinski definition) is 4. The van der Waals surface area contributed by atoms with Gasteiger partial charge < -0.3 is 16.4 Å². The van der Waals surface area contributed by atoms with Gasteiger partial charge in [-0.15, -0.1) is 0 Å². The van der Waals surface area contributed by atoms with Gasteiger partial charge in [0.1, 0.15) is 0 Å². The van der Waals surface area contributed by atoms with E-state index in [1.165, 1.54) is 5.56 Å². The van der Waals surface area contributed by atoms with Crippen LogP contribution in [0.25, 0.3) is 0 Å². The second kappa shape index (κ2) is 9.69. The summed E-state index contributed by atoms with van der Waals surface area (Å²) in [7, 11) is 0. The topological polar surface area (TPSA) is 84.2 Å². The van der Waals surface area contributed by atoms with E-state index in [2.05, 4.69) is 30.5 Å². The average Bonchev–Trinajstić information content (AvgIpc) is 2.52. The van der Waals surface area contributed by atoms with Crippen molar-refractivity contribution < 1.29 is 9.59 Å². The van der Waals surface area contributed by atoms with E-state index in [1.54, 1.807) is 0 Å². The molecular weight excluding hydrogens is 322 g/mol. The summed E-state index contributed by atoms with van der Waals surface area (Å²) in [5.74, 6) is 0.383. The van der Waals surface area contributed by atoms with Gasteiger partial charge in [0.25, 0.3) is 0 Å². The number of carbonyl (C=O) groups is 2. The van der Waals surface area contributed by atoms with Crippen molar-refractivity contribution in [1.29, 1.82) is 0 Å². The lowest BCUT2D eigenvalue weighted by Crippen LogP contribution is -2.46. The van der Waals surface area contributed by atoms with Crippen molar-refractivity contribution in [3.8, 4) is 0 Å². The van der Waals surface area contributed by atoms with Crippen molar-refractivity contribution in [2.75, 3.05) is 11.9 Å². The molecule has 0 aromatic heterocycles. The first-order valence-corrected chi connectivity index (χ1v) is 9.30. The van der Waals surface area contributed by atoms with E-state index in [9.17, 15) is 9.59 Å². The van der Waals surface area contributed by atoms with E-state index in [-0.39, 0.29) is 24.3 Å². The van der Waals surface area contributed by atoms with E-state index in [0.717, 1.165) is 17.0 Å². The number of benzene rings is 1. The minimum atomic E-state index is -0.601. The van der Waals surface area contributed by atoms with Crippen molar-refractivity contribution in [1.82, 2.24) is 5.32 Å². The van der Waals surface area contributed by atoms with Crippen LogP contribution in [0, 0.1) is 12.8 Å². The van der Waals surface area contributed by atoms with Crippen LogP contribution in [-0.2, 0) is 15.3 Å². The predicted molar refractivity (Wildman–Crippen MR) is 102 cm³/mol. The summed E-state index contributed by atoms with van der Waals surface area (Å²) in [6.07, 6.45) is 0. The molecule has 0 aliphatic carbocycles. The van der Waals surface area contributed by atoms with Crippen LogP contribution in [0.1, 0.15) is 38.8 Å². The van der Waals surface area contributed by atoms with Crippen LogP contribution in [-0.4, -0.2) is 29.7 Å². The summed E-state index contributed by atoms with van der Waals surface area (Å²) >= 11 is 1.86. The molecule has 2 amide bonds. The Morgan fingerprint density at radius 2 is 1.88 bits per heavy atom. The van der Waals surface area contributed by atoms with Gasteiger partial charge in [0.15, 0.2) is 0 Å². The normalized spacial score (nSPS) is 12.3. The van der Waals surface area contributed by atoms with Gasteiger partial charge in [-0.25, -0.2) is 0 Å². The molecule has 0 heterocycles. The number of nitrogens with one attached hydrogen (secondary N) is 2. The van der Waals surface area contributed by atoms with E-state index >= 15 is 0 Å². The Bertz CT molecular complexity index is 573. The Kier molecular flexibility index (Phi) is 8.28. The lowest BCUT2D eigenvalue weighted by atomic mass is 10.1. The van der Waals surface area contributed by atoms with Crippen LogP contribution in [0.5, 0.6) is 0 Å². The average molecular weight is 352 g/mol. The molecule has 0 saturated carbocycles. The van der Waals surface area contributed by atoms with E-state index < -0.39 is 6.04 Å². The van der Waals surface area contributed by atoms with Gasteiger partial charge in [-0.3, -0.25) is 9.59 Å². The van der Waals surface area contributed by atoms with Gasteiger partial charge in [-0.2, -0.15) is 11.8 Å². The first-order valence-electron chi connectivity index (χ1n) is 8.25. The lowest BCUT2D eigenvalue weighted by Gasteiger charge is -2.16. The maximum absolute atomic E-state index is 12.1. The molecule has 0 radical (unpaired) electrons. The standard InChI is InChI=1S/C18H29N3O2S/c1-11(2)17(19)18(23)20-9-16(22)21-15-8-6-7-14(13(15)5)10-24-12(3)4/h6-8,11-12,17H,9-10,19H2,1-5H3,(H,20,23)(H,21,22)/t17-/m0/s1. The fourth-order valence-corrected chi connectivity index (χ4v) is 2.84. The highest BCUT2D eigenvalue weighted by atomic mass is 32.2. The van der Waals surface area contributed by atoms with Crippen molar-refractivity contribution >= 4 is 29.3 Å². The zero-order valence-corrected chi connectivity index (χ0v) is 16.0. The molecule has 5 nitrogen and oxygen atoms in total. The molecular formula is C18H29N3O2S. The molecule has 0 fully saturated rings. The van der Waals surface area contributed by atoms with Crippen molar-refractivity contribution in [3.05, 3.63) is 29.3 Å². The molecule has 6 heteroatoms. The summed E-state index contributed by atoms with van der Waals surface area (Å²) in [5, 5.41) is 5.99. The summed E-state index contributed by atoms with van der Waals surface area (Å²) < 4.78 is 0. The highest BCUT2D eigenvalue weighted by Crippen LogP contribution is 2.24. The Balaban J connectivity index is 2.61. The van der Waals surface area contributed by atoms with Crippen LogP contribution < -0.4 is 16.4 Å². The van der Waals surface area contributed by atoms with Crippen molar-refractivity contribution in [2.45, 2.75) is 51.7 Å². The third-order valence-electron chi connectivity index (χ3n) is 3.74. The molecule has 1 rings (SSSR count). The van der Waals surface area contributed by atoms with Crippen molar-refractivity contribution in [3.63, 3.8) is 0 Å². The Hall–Kier alpha value is -1.53. The molecule has 24 heavy (non-hydrogen) atoms. The number of anilines is 1. The van der Waals surface area contributed by atoms with Gasteiger partial charge in [0.05, 0.1) is 12.6 Å². The van der Waals surface area contributed by atoms with E-state index in [0.29, 0.717) is 5.25 Å². The SMILES string of the molecule is Cc1c(CSC(C)C)cccc1NC(=O)CNC(=O)[C@@H](N)C(C)C. The van der Waals surface area contributed by atoms with Crippen molar-refractivity contribution in [2.24, 2.45) is 11.7 Å². The third kappa shape index (κ3) is 6.53. The van der Waals surface area contributed by atoms with Gasteiger partial charge in [-0.1, -0.05) is 39.8 Å². The second-order valence-electron chi connectivity index (χ2n) is 6.49. The number of nitrogens with two attached hydrogens (primary N) is 1. The number of carbonyl (C=O) groups excluding carboxylic acids is 2. The van der Waals surface area contributed by atoms with Crippen LogP contribution >= 0.6 is 11.8 Å². The largest absolute Gasteiger partial charge is 0.346 e. The Morgan fingerprint density at radius 3 is 2.46 bits per heavy atom. The minimum absolute atomic E-state index is 0.0328. The molecule has 1 aromatic rings. The summed E-state index contributed by atoms with van der Waals surface area (Å²) in [6.45, 7) is 9.98. The molecule has 0 aliphatic heterocycles. The first kappa shape index (κ1) is 20.5. The monoisotopic (exact) mass is 351 g/mol. The zero-order chi connectivity index (χ0) is 18.3. The van der Waals surface area contributed by atoms with Gasteiger partial charge in [0.2, 0.25) is 11.8 Å². The van der Waals surface area contributed by atoms with E-state index in [1.807, 2.05) is 44.7 Å². The first-order chi connectivity index (χ1) is 11.2. The zero-order valence-electron chi connectivity index (χ0n) is 15.2. The van der Waals surface area contributed by atoms with Crippen LogP contribution in [0.4, 0.5) is 5.69 Å². The Morgan fingerprint density at radius 1 is 1.21 bits per heavy atom.